The van der Waals surface area contributed by atoms with Crippen LogP contribution >= 0.6 is 11.3 Å². The second-order valence-electron chi connectivity index (χ2n) is 7.90. The first-order valence-electron chi connectivity index (χ1n) is 10.6. The van der Waals surface area contributed by atoms with E-state index in [2.05, 4.69) is 4.90 Å². The largest absolute Gasteiger partial charge is 0.497 e. The van der Waals surface area contributed by atoms with Crippen molar-refractivity contribution in [1.29, 1.82) is 0 Å². The molecule has 0 unspecified atom stereocenters. The van der Waals surface area contributed by atoms with E-state index in [0.717, 1.165) is 34.1 Å². The van der Waals surface area contributed by atoms with Gasteiger partial charge in [0.15, 0.2) is 0 Å². The number of alkyl halides is 3. The molecule has 0 N–H and O–H groups in total. The number of aromatic nitrogens is 1. The SMILES string of the molecule is COc1ccc(-c2nc(CN3CCN(C(=O)Cc4cccc(C(F)(F)F)c4)CC3)cs2)cc1. The maximum atomic E-state index is 12.9. The molecule has 5 nitrogen and oxygen atoms in total. The summed E-state index contributed by atoms with van der Waals surface area (Å²) in [4.78, 5) is 21.3. The highest BCUT2D eigenvalue weighted by molar-refractivity contribution is 7.13. The number of hydrogen-bond acceptors (Lipinski definition) is 5. The zero-order valence-corrected chi connectivity index (χ0v) is 19.0. The summed E-state index contributed by atoms with van der Waals surface area (Å²) < 4.78 is 43.9. The summed E-state index contributed by atoms with van der Waals surface area (Å²) in [6.45, 7) is 3.19. The van der Waals surface area contributed by atoms with Gasteiger partial charge in [0.05, 0.1) is 24.8 Å². The maximum absolute atomic E-state index is 12.9. The third-order valence-corrected chi connectivity index (χ3v) is 6.55. The van der Waals surface area contributed by atoms with Gasteiger partial charge >= 0.3 is 6.18 Å². The molecule has 0 aliphatic carbocycles. The van der Waals surface area contributed by atoms with Crippen molar-refractivity contribution in [3.8, 4) is 16.3 Å². The quantitative estimate of drug-likeness (QED) is 0.518. The molecule has 3 aromatic rings. The Kier molecular flexibility index (Phi) is 6.99. The molecule has 33 heavy (non-hydrogen) atoms. The molecule has 0 spiro atoms. The van der Waals surface area contributed by atoms with Crippen LogP contribution in [0.5, 0.6) is 5.75 Å². The fraction of sp³-hybridized carbons (Fsp3) is 0.333. The Balaban J connectivity index is 1.28. The molecule has 174 valence electrons. The predicted molar refractivity (Wildman–Crippen MR) is 121 cm³/mol. The van der Waals surface area contributed by atoms with Crippen molar-refractivity contribution in [3.63, 3.8) is 0 Å². The fourth-order valence-electron chi connectivity index (χ4n) is 3.77. The van der Waals surface area contributed by atoms with Crippen molar-refractivity contribution in [3.05, 3.63) is 70.7 Å². The number of piperazine rings is 1. The lowest BCUT2D eigenvalue weighted by Crippen LogP contribution is -2.48. The van der Waals surface area contributed by atoms with E-state index in [1.54, 1.807) is 29.4 Å². The minimum absolute atomic E-state index is 0.0266. The molecule has 1 aliphatic heterocycles. The van der Waals surface area contributed by atoms with Crippen molar-refractivity contribution >= 4 is 17.2 Å². The number of carbonyl (C=O) groups is 1. The first-order chi connectivity index (χ1) is 15.8. The van der Waals surface area contributed by atoms with Crippen LogP contribution in [0.1, 0.15) is 16.8 Å². The summed E-state index contributed by atoms with van der Waals surface area (Å²) in [6.07, 6.45) is -4.44. The Bertz CT molecular complexity index is 1090. The van der Waals surface area contributed by atoms with Gasteiger partial charge in [0.1, 0.15) is 10.8 Å². The van der Waals surface area contributed by atoms with Gasteiger partial charge in [-0.15, -0.1) is 11.3 Å². The van der Waals surface area contributed by atoms with E-state index in [1.807, 2.05) is 29.6 Å². The van der Waals surface area contributed by atoms with Crippen LogP contribution in [0, 0.1) is 0 Å². The number of halogens is 3. The summed E-state index contributed by atoms with van der Waals surface area (Å²) in [5, 5.41) is 2.99. The number of carbonyl (C=O) groups excluding carboxylic acids is 1. The third kappa shape index (κ3) is 5.91. The zero-order valence-electron chi connectivity index (χ0n) is 18.1. The number of ether oxygens (including phenoxy) is 1. The van der Waals surface area contributed by atoms with Crippen LogP contribution < -0.4 is 4.74 Å². The van der Waals surface area contributed by atoms with Crippen LogP contribution in [0.15, 0.2) is 53.9 Å². The molecular weight excluding hydrogens is 451 g/mol. The number of benzene rings is 2. The zero-order chi connectivity index (χ0) is 23.4. The number of thiazole rings is 1. The van der Waals surface area contributed by atoms with Crippen molar-refractivity contribution in [2.45, 2.75) is 19.1 Å². The van der Waals surface area contributed by atoms with Crippen LogP contribution in [0.3, 0.4) is 0 Å². The van der Waals surface area contributed by atoms with Crippen LogP contribution in [0.25, 0.3) is 10.6 Å². The third-order valence-electron chi connectivity index (χ3n) is 5.61. The predicted octanol–water partition coefficient (Wildman–Crippen LogP) is 4.72. The summed E-state index contributed by atoms with van der Waals surface area (Å²) in [5.41, 5.74) is 1.67. The van der Waals surface area contributed by atoms with Crippen molar-refractivity contribution in [2.24, 2.45) is 0 Å². The normalized spacial score (nSPS) is 15.0. The molecule has 2 heterocycles. The molecule has 0 saturated carbocycles. The molecule has 1 amide bonds. The van der Waals surface area contributed by atoms with E-state index in [-0.39, 0.29) is 12.3 Å². The molecule has 1 saturated heterocycles. The van der Waals surface area contributed by atoms with Gasteiger partial charge in [-0.25, -0.2) is 4.98 Å². The Morgan fingerprint density at radius 1 is 1.09 bits per heavy atom. The fourth-order valence-corrected chi connectivity index (χ4v) is 4.59. The van der Waals surface area contributed by atoms with Crippen LogP contribution in [-0.2, 0) is 23.9 Å². The Hall–Kier alpha value is -2.91. The van der Waals surface area contributed by atoms with Gasteiger partial charge in [-0.2, -0.15) is 13.2 Å². The van der Waals surface area contributed by atoms with Gasteiger partial charge in [0.25, 0.3) is 0 Å². The van der Waals surface area contributed by atoms with E-state index >= 15 is 0 Å². The Morgan fingerprint density at radius 3 is 2.48 bits per heavy atom. The van der Waals surface area contributed by atoms with Crippen LogP contribution in [0.4, 0.5) is 13.2 Å². The second-order valence-corrected chi connectivity index (χ2v) is 8.76. The molecule has 0 atom stereocenters. The minimum Gasteiger partial charge on any atom is -0.497 e. The standard InChI is InChI=1S/C24H24F3N3O2S/c1-32-21-7-5-18(6-8-21)23-28-20(16-33-23)15-29-9-11-30(12-10-29)22(31)14-17-3-2-4-19(13-17)24(25,26)27/h2-8,13,16H,9-12,14-15H2,1H3. The van der Waals surface area contributed by atoms with Gasteiger partial charge < -0.3 is 9.64 Å². The minimum atomic E-state index is -4.41. The first-order valence-corrected chi connectivity index (χ1v) is 11.4. The monoisotopic (exact) mass is 475 g/mol. The van der Waals surface area contributed by atoms with E-state index in [9.17, 15) is 18.0 Å². The van der Waals surface area contributed by atoms with E-state index < -0.39 is 11.7 Å². The van der Waals surface area contributed by atoms with Crippen LogP contribution in [0.2, 0.25) is 0 Å². The van der Waals surface area contributed by atoms with Gasteiger partial charge in [-0.05, 0) is 35.9 Å². The highest BCUT2D eigenvalue weighted by Gasteiger charge is 2.30. The Morgan fingerprint density at radius 2 is 1.82 bits per heavy atom. The van der Waals surface area contributed by atoms with Crippen LogP contribution in [-0.4, -0.2) is 54.0 Å². The average Bonchev–Trinajstić information content (AvgIpc) is 3.27. The molecular formula is C24H24F3N3O2S. The highest BCUT2D eigenvalue weighted by Crippen LogP contribution is 2.30. The number of nitrogens with zero attached hydrogens (tertiary/aromatic N) is 3. The first kappa shape index (κ1) is 23.3. The number of hydrogen-bond donors (Lipinski definition) is 0. The molecule has 1 aliphatic rings. The Labute approximate surface area is 194 Å². The van der Waals surface area contributed by atoms with Gasteiger partial charge in [-0.1, -0.05) is 18.2 Å². The van der Waals surface area contributed by atoms with Crippen molar-refractivity contribution in [1.82, 2.24) is 14.8 Å². The van der Waals surface area contributed by atoms with E-state index in [1.165, 1.54) is 6.07 Å². The number of rotatable bonds is 6. The number of amides is 1. The lowest BCUT2D eigenvalue weighted by molar-refractivity contribution is -0.138. The molecule has 4 rings (SSSR count). The lowest BCUT2D eigenvalue weighted by Gasteiger charge is -2.34. The summed E-state index contributed by atoms with van der Waals surface area (Å²) in [6, 6.07) is 12.8. The topological polar surface area (TPSA) is 45.7 Å². The van der Waals surface area contributed by atoms with Crippen molar-refractivity contribution in [2.75, 3.05) is 33.3 Å². The summed E-state index contributed by atoms with van der Waals surface area (Å²) in [7, 11) is 1.63. The number of methoxy groups -OCH3 is 1. The lowest BCUT2D eigenvalue weighted by atomic mass is 10.1. The smallest absolute Gasteiger partial charge is 0.416 e. The summed E-state index contributed by atoms with van der Waals surface area (Å²) in [5.74, 6) is 0.653. The van der Waals surface area contributed by atoms with E-state index in [4.69, 9.17) is 9.72 Å². The van der Waals surface area contributed by atoms with Gasteiger partial charge in [-0.3, -0.25) is 9.69 Å². The molecule has 0 bridgehead atoms. The molecule has 0 radical (unpaired) electrons. The average molecular weight is 476 g/mol. The molecule has 1 fully saturated rings. The van der Waals surface area contributed by atoms with E-state index in [0.29, 0.717) is 38.3 Å². The maximum Gasteiger partial charge on any atom is 0.416 e. The highest BCUT2D eigenvalue weighted by atomic mass is 32.1. The summed E-state index contributed by atoms with van der Waals surface area (Å²) >= 11 is 1.59. The molecule has 1 aromatic heterocycles. The second kappa shape index (κ2) is 9.93. The van der Waals surface area contributed by atoms with Crippen molar-refractivity contribution < 1.29 is 22.7 Å². The van der Waals surface area contributed by atoms with Gasteiger partial charge in [0, 0.05) is 43.7 Å². The van der Waals surface area contributed by atoms with Gasteiger partial charge in [0.2, 0.25) is 5.91 Å². The molecule has 2 aromatic carbocycles. The molecule has 9 heteroatoms.